The van der Waals surface area contributed by atoms with E-state index in [9.17, 15) is 4.79 Å². The summed E-state index contributed by atoms with van der Waals surface area (Å²) < 4.78 is 11.6. The van der Waals surface area contributed by atoms with Crippen molar-refractivity contribution in [3.8, 4) is 5.75 Å². The lowest BCUT2D eigenvalue weighted by atomic mass is 9.98. The first-order valence-corrected chi connectivity index (χ1v) is 8.92. The number of ether oxygens (including phenoxy) is 2. The third kappa shape index (κ3) is 4.08. The normalized spacial score (nSPS) is 21.0. The zero-order chi connectivity index (χ0) is 16.9. The van der Waals surface area contributed by atoms with Gasteiger partial charge in [0, 0.05) is 25.3 Å². The van der Waals surface area contributed by atoms with Crippen LogP contribution in [0.25, 0.3) is 0 Å². The van der Waals surface area contributed by atoms with Crippen LogP contribution in [0.1, 0.15) is 30.7 Å². The van der Waals surface area contributed by atoms with Gasteiger partial charge in [0.25, 0.3) is 0 Å². The summed E-state index contributed by atoms with van der Waals surface area (Å²) in [5.74, 6) is 0.916. The Morgan fingerprint density at radius 2 is 2.04 bits per heavy atom. The van der Waals surface area contributed by atoms with Crippen LogP contribution in [0, 0.1) is 0 Å². The van der Waals surface area contributed by atoms with Crippen molar-refractivity contribution < 1.29 is 14.3 Å². The maximum atomic E-state index is 12.8. The van der Waals surface area contributed by atoms with Crippen LogP contribution in [0.5, 0.6) is 5.75 Å². The van der Waals surface area contributed by atoms with Crippen LogP contribution in [0.15, 0.2) is 24.3 Å². The number of para-hydroxylation sites is 1. The molecule has 1 amide bonds. The predicted molar refractivity (Wildman–Crippen MR) is 93.4 cm³/mol. The minimum absolute atomic E-state index is 0.140. The SMILES string of the molecule is CN(C)CCCOC1CCN(C(=O)[C@@H]2COc3ccccc32)CC1. The molecule has 1 saturated heterocycles. The highest BCUT2D eigenvalue weighted by Gasteiger charge is 2.34. The molecule has 0 N–H and O–H groups in total. The van der Waals surface area contributed by atoms with Gasteiger partial charge in [-0.15, -0.1) is 0 Å². The minimum Gasteiger partial charge on any atom is -0.492 e. The second-order valence-corrected chi connectivity index (χ2v) is 6.95. The maximum Gasteiger partial charge on any atom is 0.233 e. The summed E-state index contributed by atoms with van der Waals surface area (Å²) in [5.41, 5.74) is 1.03. The zero-order valence-electron chi connectivity index (χ0n) is 14.7. The lowest BCUT2D eigenvalue weighted by molar-refractivity contribution is -0.135. The number of carbonyl (C=O) groups is 1. The van der Waals surface area contributed by atoms with Gasteiger partial charge in [-0.1, -0.05) is 18.2 Å². The topological polar surface area (TPSA) is 42.0 Å². The summed E-state index contributed by atoms with van der Waals surface area (Å²) in [4.78, 5) is 17.0. The van der Waals surface area contributed by atoms with Crippen LogP contribution in [0.3, 0.4) is 0 Å². The average molecular weight is 332 g/mol. The van der Waals surface area contributed by atoms with Crippen molar-refractivity contribution in [3.63, 3.8) is 0 Å². The number of rotatable bonds is 6. The number of carbonyl (C=O) groups excluding carboxylic acids is 1. The highest BCUT2D eigenvalue weighted by Crippen LogP contribution is 2.35. The molecule has 5 nitrogen and oxygen atoms in total. The third-order valence-electron chi connectivity index (χ3n) is 4.85. The summed E-state index contributed by atoms with van der Waals surface area (Å²) in [6.45, 7) is 3.91. The van der Waals surface area contributed by atoms with E-state index in [4.69, 9.17) is 9.47 Å². The highest BCUT2D eigenvalue weighted by molar-refractivity contribution is 5.85. The molecule has 24 heavy (non-hydrogen) atoms. The van der Waals surface area contributed by atoms with E-state index in [0.29, 0.717) is 12.7 Å². The highest BCUT2D eigenvalue weighted by atomic mass is 16.5. The molecule has 1 fully saturated rings. The van der Waals surface area contributed by atoms with Gasteiger partial charge in [0.1, 0.15) is 18.3 Å². The van der Waals surface area contributed by atoms with Crippen LogP contribution in [-0.2, 0) is 9.53 Å². The van der Waals surface area contributed by atoms with Crippen LogP contribution < -0.4 is 4.74 Å². The van der Waals surface area contributed by atoms with Gasteiger partial charge in [-0.2, -0.15) is 0 Å². The van der Waals surface area contributed by atoms with E-state index in [2.05, 4.69) is 19.0 Å². The molecule has 0 aromatic heterocycles. The molecule has 0 saturated carbocycles. The molecule has 0 unspecified atom stereocenters. The summed E-state index contributed by atoms with van der Waals surface area (Å²) in [5, 5.41) is 0. The molecule has 1 atom stereocenters. The molecule has 0 spiro atoms. The molecule has 3 rings (SSSR count). The van der Waals surface area contributed by atoms with E-state index in [-0.39, 0.29) is 11.8 Å². The van der Waals surface area contributed by atoms with E-state index in [1.807, 2.05) is 29.2 Å². The second-order valence-electron chi connectivity index (χ2n) is 6.95. The quantitative estimate of drug-likeness (QED) is 0.749. The number of likely N-dealkylation sites (tertiary alicyclic amines) is 1. The lowest BCUT2D eigenvalue weighted by Gasteiger charge is -2.33. The number of hydrogen-bond acceptors (Lipinski definition) is 4. The zero-order valence-corrected chi connectivity index (χ0v) is 14.7. The van der Waals surface area contributed by atoms with Crippen LogP contribution in [0.4, 0.5) is 0 Å². The van der Waals surface area contributed by atoms with Gasteiger partial charge < -0.3 is 19.3 Å². The molecular weight excluding hydrogens is 304 g/mol. The number of hydrogen-bond donors (Lipinski definition) is 0. The maximum absolute atomic E-state index is 12.8. The van der Waals surface area contributed by atoms with Crippen LogP contribution >= 0.6 is 0 Å². The average Bonchev–Trinajstić information content (AvgIpc) is 3.02. The monoisotopic (exact) mass is 332 g/mol. The van der Waals surface area contributed by atoms with Gasteiger partial charge in [0.2, 0.25) is 5.91 Å². The Morgan fingerprint density at radius 1 is 1.29 bits per heavy atom. The molecule has 2 aliphatic heterocycles. The van der Waals surface area contributed by atoms with Crippen LogP contribution in [-0.4, -0.2) is 68.8 Å². The molecule has 0 radical (unpaired) electrons. The fourth-order valence-corrected chi connectivity index (χ4v) is 3.46. The van der Waals surface area contributed by atoms with Gasteiger partial charge in [-0.05, 0) is 46.0 Å². The number of piperidine rings is 1. The molecule has 2 aliphatic rings. The Labute approximate surface area is 144 Å². The van der Waals surface area contributed by atoms with Crippen molar-refractivity contribution in [2.75, 3.05) is 46.9 Å². The molecule has 2 heterocycles. The smallest absolute Gasteiger partial charge is 0.233 e. The van der Waals surface area contributed by atoms with Gasteiger partial charge in [0.15, 0.2) is 0 Å². The lowest BCUT2D eigenvalue weighted by Crippen LogP contribution is -2.43. The Kier molecular flexibility index (Phi) is 5.74. The van der Waals surface area contributed by atoms with Crippen molar-refractivity contribution in [1.29, 1.82) is 0 Å². The van der Waals surface area contributed by atoms with Crippen molar-refractivity contribution in [3.05, 3.63) is 29.8 Å². The Balaban J connectivity index is 1.44. The van der Waals surface area contributed by atoms with Gasteiger partial charge in [0.05, 0.1) is 6.10 Å². The van der Waals surface area contributed by atoms with Gasteiger partial charge >= 0.3 is 0 Å². The second kappa shape index (κ2) is 7.99. The molecule has 5 heteroatoms. The predicted octanol–water partition coefficient (Wildman–Crippen LogP) is 2.12. The van der Waals surface area contributed by atoms with E-state index >= 15 is 0 Å². The standard InChI is InChI=1S/C19H28N2O3/c1-20(2)10-5-13-23-15-8-11-21(12-9-15)19(22)17-14-24-18-7-4-3-6-16(17)18/h3-4,6-7,15,17H,5,8-14H2,1-2H3/t17-/m1/s1. The van der Waals surface area contributed by atoms with E-state index in [1.54, 1.807) is 0 Å². The van der Waals surface area contributed by atoms with E-state index < -0.39 is 0 Å². The molecule has 132 valence electrons. The third-order valence-corrected chi connectivity index (χ3v) is 4.85. The molecular formula is C19H28N2O3. The molecule has 0 aliphatic carbocycles. The fraction of sp³-hybridized carbons (Fsp3) is 0.632. The van der Waals surface area contributed by atoms with Gasteiger partial charge in [-0.3, -0.25) is 4.79 Å². The molecule has 1 aromatic carbocycles. The van der Waals surface area contributed by atoms with Crippen LogP contribution in [0.2, 0.25) is 0 Å². The van der Waals surface area contributed by atoms with Crippen molar-refractivity contribution in [2.45, 2.75) is 31.3 Å². The first-order chi connectivity index (χ1) is 11.6. The van der Waals surface area contributed by atoms with Crippen molar-refractivity contribution in [2.24, 2.45) is 0 Å². The molecule has 0 bridgehead atoms. The van der Waals surface area contributed by atoms with Gasteiger partial charge in [-0.25, -0.2) is 0 Å². The van der Waals surface area contributed by atoms with E-state index in [0.717, 1.165) is 56.8 Å². The molecule has 1 aromatic rings. The summed E-state index contributed by atoms with van der Waals surface area (Å²) in [6.07, 6.45) is 3.22. The number of nitrogens with zero attached hydrogens (tertiary/aromatic N) is 2. The largest absolute Gasteiger partial charge is 0.492 e. The summed E-state index contributed by atoms with van der Waals surface area (Å²) >= 11 is 0. The first kappa shape index (κ1) is 17.2. The Morgan fingerprint density at radius 3 is 2.79 bits per heavy atom. The Bertz CT molecular complexity index is 553. The number of amides is 1. The fourth-order valence-electron chi connectivity index (χ4n) is 3.46. The number of fused-ring (bicyclic) bond motifs is 1. The Hall–Kier alpha value is -1.59. The van der Waals surface area contributed by atoms with Crippen molar-refractivity contribution in [1.82, 2.24) is 9.80 Å². The summed E-state index contributed by atoms with van der Waals surface area (Å²) in [7, 11) is 4.16. The summed E-state index contributed by atoms with van der Waals surface area (Å²) in [6, 6.07) is 7.87. The van der Waals surface area contributed by atoms with Crippen molar-refractivity contribution >= 4 is 5.91 Å². The first-order valence-electron chi connectivity index (χ1n) is 8.92. The number of benzene rings is 1. The minimum atomic E-state index is -0.140. The van der Waals surface area contributed by atoms with E-state index in [1.165, 1.54) is 0 Å².